The van der Waals surface area contributed by atoms with Crippen LogP contribution in [0.2, 0.25) is 0 Å². The molecule has 2 unspecified atom stereocenters. The molecule has 3 aliphatic heterocycles. The first-order valence-corrected chi connectivity index (χ1v) is 7.36. The summed E-state index contributed by atoms with van der Waals surface area (Å²) < 4.78 is 0. The van der Waals surface area contributed by atoms with E-state index in [1.807, 2.05) is 0 Å². The lowest BCUT2D eigenvalue weighted by molar-refractivity contribution is 0.00206. The summed E-state index contributed by atoms with van der Waals surface area (Å²) in [5, 5.41) is 0. The molecule has 2 atom stereocenters. The summed E-state index contributed by atoms with van der Waals surface area (Å²) >= 11 is 0. The Labute approximate surface area is 116 Å². The van der Waals surface area contributed by atoms with Crippen molar-refractivity contribution < 1.29 is 0 Å². The predicted molar refractivity (Wildman–Crippen MR) is 79.4 cm³/mol. The Morgan fingerprint density at radius 3 is 2.21 bits per heavy atom. The van der Waals surface area contributed by atoms with Gasteiger partial charge in [0.05, 0.1) is 0 Å². The zero-order chi connectivity index (χ0) is 13.6. The maximum absolute atomic E-state index is 6.61. The number of fused-ring (bicyclic) bond motifs is 3. The maximum Gasteiger partial charge on any atom is 0.0468 e. The van der Waals surface area contributed by atoms with E-state index in [0.29, 0.717) is 6.04 Å². The van der Waals surface area contributed by atoms with Gasteiger partial charge in [0.2, 0.25) is 0 Å². The van der Waals surface area contributed by atoms with E-state index >= 15 is 0 Å². The minimum absolute atomic E-state index is 0.141. The highest BCUT2D eigenvalue weighted by Crippen LogP contribution is 2.28. The van der Waals surface area contributed by atoms with E-state index in [4.69, 9.17) is 5.73 Å². The van der Waals surface area contributed by atoms with Crippen LogP contribution in [0.15, 0.2) is 12.1 Å². The molecule has 19 heavy (non-hydrogen) atoms. The van der Waals surface area contributed by atoms with Crippen molar-refractivity contribution in [2.24, 2.45) is 5.73 Å². The van der Waals surface area contributed by atoms with Crippen LogP contribution in [0.1, 0.15) is 28.3 Å². The molecule has 0 spiro atoms. The fourth-order valence-corrected chi connectivity index (χ4v) is 3.55. The second-order valence-corrected chi connectivity index (χ2v) is 6.22. The Bertz CT molecular complexity index is 475. The second-order valence-electron chi connectivity index (χ2n) is 6.22. The Morgan fingerprint density at radius 1 is 1.00 bits per heavy atom. The van der Waals surface area contributed by atoms with Crippen LogP contribution in [0.25, 0.3) is 0 Å². The number of hydrogen-bond acceptors (Lipinski definition) is 3. The first-order valence-electron chi connectivity index (χ1n) is 7.36. The molecule has 0 aromatic heterocycles. The van der Waals surface area contributed by atoms with E-state index in [0.717, 1.165) is 6.54 Å². The van der Waals surface area contributed by atoms with Crippen molar-refractivity contribution in [3.63, 3.8) is 0 Å². The van der Waals surface area contributed by atoms with Crippen molar-refractivity contribution in [2.45, 2.75) is 32.9 Å². The van der Waals surface area contributed by atoms with E-state index in [1.54, 1.807) is 0 Å². The summed E-state index contributed by atoms with van der Waals surface area (Å²) in [5.74, 6) is 0. The van der Waals surface area contributed by atoms with Gasteiger partial charge in [-0.2, -0.15) is 0 Å². The fraction of sp³-hybridized carbons (Fsp3) is 0.625. The van der Waals surface area contributed by atoms with Crippen LogP contribution in [-0.2, 0) is 0 Å². The number of aryl methyl sites for hydroxylation is 3. The normalized spacial score (nSPS) is 31.5. The van der Waals surface area contributed by atoms with E-state index in [9.17, 15) is 0 Å². The summed E-state index contributed by atoms with van der Waals surface area (Å²) in [6, 6.07) is 5.21. The summed E-state index contributed by atoms with van der Waals surface area (Å²) in [7, 11) is 0. The smallest absolute Gasteiger partial charge is 0.0468 e. The van der Waals surface area contributed by atoms with Crippen LogP contribution >= 0.6 is 0 Å². The van der Waals surface area contributed by atoms with Gasteiger partial charge >= 0.3 is 0 Å². The summed E-state index contributed by atoms with van der Waals surface area (Å²) in [6.45, 7) is 12.5. The minimum Gasteiger partial charge on any atom is -0.323 e. The van der Waals surface area contributed by atoms with E-state index < -0.39 is 0 Å². The third-order valence-corrected chi connectivity index (χ3v) is 4.98. The lowest BCUT2D eigenvalue weighted by Crippen LogP contribution is -2.63. The van der Waals surface area contributed by atoms with Gasteiger partial charge in [-0.15, -0.1) is 0 Å². The molecule has 3 heteroatoms. The number of piperazine rings is 3. The Kier molecular flexibility index (Phi) is 3.37. The first kappa shape index (κ1) is 13.1. The lowest BCUT2D eigenvalue weighted by atomic mass is 9.89. The summed E-state index contributed by atoms with van der Waals surface area (Å²) in [5.41, 5.74) is 12.0. The van der Waals surface area contributed by atoms with Crippen LogP contribution in [0.3, 0.4) is 0 Å². The molecule has 3 aliphatic rings. The van der Waals surface area contributed by atoms with E-state index in [-0.39, 0.29) is 6.04 Å². The molecule has 1 aromatic carbocycles. The van der Waals surface area contributed by atoms with Gasteiger partial charge < -0.3 is 5.73 Å². The third kappa shape index (κ3) is 2.31. The van der Waals surface area contributed by atoms with Crippen molar-refractivity contribution in [1.29, 1.82) is 0 Å². The SMILES string of the molecule is Cc1cc(C)c(C(N)C2CN3CCN2CC3)cc1C. The average molecular weight is 259 g/mol. The van der Waals surface area contributed by atoms with Crippen molar-refractivity contribution in [2.75, 3.05) is 32.7 Å². The van der Waals surface area contributed by atoms with Crippen molar-refractivity contribution in [3.05, 3.63) is 34.4 Å². The zero-order valence-corrected chi connectivity index (χ0v) is 12.3. The van der Waals surface area contributed by atoms with Gasteiger partial charge in [0.25, 0.3) is 0 Å². The molecule has 2 N–H and O–H groups in total. The van der Waals surface area contributed by atoms with Crippen LogP contribution in [-0.4, -0.2) is 48.6 Å². The average Bonchev–Trinajstić information content (AvgIpc) is 2.43. The minimum atomic E-state index is 0.141. The van der Waals surface area contributed by atoms with Gasteiger partial charge in [-0.1, -0.05) is 12.1 Å². The monoisotopic (exact) mass is 259 g/mol. The maximum atomic E-state index is 6.61. The Hall–Kier alpha value is -0.900. The molecule has 1 aromatic rings. The van der Waals surface area contributed by atoms with Gasteiger partial charge in [-0.3, -0.25) is 9.80 Å². The van der Waals surface area contributed by atoms with Crippen LogP contribution < -0.4 is 5.73 Å². The number of nitrogens with zero attached hydrogens (tertiary/aromatic N) is 2. The lowest BCUT2D eigenvalue weighted by Gasteiger charge is -2.49. The highest BCUT2D eigenvalue weighted by atomic mass is 15.3. The molecule has 0 saturated carbocycles. The molecule has 3 nitrogen and oxygen atoms in total. The number of hydrogen-bond donors (Lipinski definition) is 1. The van der Waals surface area contributed by atoms with Gasteiger partial charge in [-0.25, -0.2) is 0 Å². The Morgan fingerprint density at radius 2 is 1.63 bits per heavy atom. The molecule has 3 heterocycles. The highest BCUT2D eigenvalue weighted by molar-refractivity contribution is 5.39. The van der Waals surface area contributed by atoms with E-state index in [2.05, 4.69) is 42.7 Å². The standard InChI is InChI=1S/C16H25N3/c1-11-8-13(3)14(9-12(11)2)16(17)15-10-18-4-6-19(15)7-5-18/h8-9,15-16H,4-7,10,17H2,1-3H3. The molecule has 0 amide bonds. The molecular formula is C16H25N3. The van der Waals surface area contributed by atoms with E-state index in [1.165, 1.54) is 48.4 Å². The largest absolute Gasteiger partial charge is 0.323 e. The van der Waals surface area contributed by atoms with Gasteiger partial charge in [-0.05, 0) is 43.0 Å². The molecule has 104 valence electrons. The van der Waals surface area contributed by atoms with Gasteiger partial charge in [0, 0.05) is 44.8 Å². The molecule has 2 bridgehead atoms. The van der Waals surface area contributed by atoms with Crippen LogP contribution in [0.5, 0.6) is 0 Å². The molecule has 3 fully saturated rings. The van der Waals surface area contributed by atoms with Crippen LogP contribution in [0.4, 0.5) is 0 Å². The Balaban J connectivity index is 1.88. The summed E-state index contributed by atoms with van der Waals surface area (Å²) in [6.07, 6.45) is 0. The number of nitrogens with two attached hydrogens (primary N) is 1. The topological polar surface area (TPSA) is 32.5 Å². The highest BCUT2D eigenvalue weighted by Gasteiger charge is 2.36. The van der Waals surface area contributed by atoms with Gasteiger partial charge in [0.1, 0.15) is 0 Å². The molecular weight excluding hydrogens is 234 g/mol. The first-order chi connectivity index (χ1) is 9.06. The van der Waals surface area contributed by atoms with Crippen molar-refractivity contribution >= 4 is 0 Å². The quantitative estimate of drug-likeness (QED) is 0.876. The van der Waals surface area contributed by atoms with Crippen molar-refractivity contribution in [3.8, 4) is 0 Å². The molecule has 0 aliphatic carbocycles. The molecule has 4 rings (SSSR count). The second kappa shape index (κ2) is 4.89. The van der Waals surface area contributed by atoms with Crippen LogP contribution in [0, 0.1) is 20.8 Å². The van der Waals surface area contributed by atoms with Crippen molar-refractivity contribution in [1.82, 2.24) is 9.80 Å². The zero-order valence-electron chi connectivity index (χ0n) is 12.3. The molecule has 0 radical (unpaired) electrons. The summed E-state index contributed by atoms with van der Waals surface area (Å²) in [4.78, 5) is 5.14. The molecule has 3 saturated heterocycles. The predicted octanol–water partition coefficient (Wildman–Crippen LogP) is 1.61. The third-order valence-electron chi connectivity index (χ3n) is 4.98. The fourth-order valence-electron chi connectivity index (χ4n) is 3.55. The number of benzene rings is 1. The van der Waals surface area contributed by atoms with Gasteiger partial charge in [0.15, 0.2) is 0 Å². The number of rotatable bonds is 2.